The second-order valence-electron chi connectivity index (χ2n) is 5.90. The van der Waals surface area contributed by atoms with Crippen molar-refractivity contribution >= 4 is 11.9 Å². The van der Waals surface area contributed by atoms with Gasteiger partial charge >= 0.3 is 5.97 Å². The second kappa shape index (κ2) is 6.74. The van der Waals surface area contributed by atoms with Crippen LogP contribution in [0.3, 0.4) is 0 Å². The smallest absolute Gasteiger partial charge is 0.326 e. The Labute approximate surface area is 125 Å². The zero-order chi connectivity index (χ0) is 15.4. The minimum Gasteiger partial charge on any atom is -0.480 e. The van der Waals surface area contributed by atoms with Crippen LogP contribution >= 0.6 is 0 Å². The molecule has 0 radical (unpaired) electrons. The number of hydrogen-bond acceptors (Lipinski definition) is 2. The van der Waals surface area contributed by atoms with Crippen LogP contribution in [0.15, 0.2) is 18.2 Å². The van der Waals surface area contributed by atoms with E-state index in [1.807, 2.05) is 32.0 Å². The second-order valence-corrected chi connectivity index (χ2v) is 5.90. The highest BCUT2D eigenvalue weighted by Gasteiger charge is 2.30. The lowest BCUT2D eigenvalue weighted by molar-refractivity contribution is -0.150. The molecule has 1 N–H and O–H groups in total. The number of nitrogens with zero attached hydrogens (tertiary/aromatic N) is 1. The van der Waals surface area contributed by atoms with Crippen molar-refractivity contribution in [3.05, 3.63) is 34.9 Å². The summed E-state index contributed by atoms with van der Waals surface area (Å²) in [5.74, 6) is -0.954. The van der Waals surface area contributed by atoms with E-state index in [4.69, 9.17) is 0 Å². The van der Waals surface area contributed by atoms with Crippen LogP contribution in [0.4, 0.5) is 0 Å². The Morgan fingerprint density at radius 2 is 2.00 bits per heavy atom. The molecule has 21 heavy (non-hydrogen) atoms. The lowest BCUT2D eigenvalue weighted by atomic mass is 10.0. The maximum atomic E-state index is 12.6. The number of carboxylic acids is 1. The Morgan fingerprint density at radius 3 is 2.71 bits per heavy atom. The van der Waals surface area contributed by atoms with Gasteiger partial charge in [0.1, 0.15) is 6.04 Å². The van der Waals surface area contributed by atoms with Gasteiger partial charge in [0, 0.05) is 6.54 Å². The summed E-state index contributed by atoms with van der Waals surface area (Å²) in [6.45, 7) is 4.54. The van der Waals surface area contributed by atoms with E-state index in [1.165, 1.54) is 0 Å². The van der Waals surface area contributed by atoms with Gasteiger partial charge in [-0.2, -0.15) is 0 Å². The summed E-state index contributed by atoms with van der Waals surface area (Å²) in [6.07, 6.45) is 3.62. The summed E-state index contributed by atoms with van der Waals surface area (Å²) in [5, 5.41) is 9.35. The van der Waals surface area contributed by atoms with E-state index >= 15 is 0 Å². The van der Waals surface area contributed by atoms with E-state index in [1.54, 1.807) is 4.90 Å². The number of aryl methyl sites for hydroxylation is 2. The molecule has 0 aliphatic carbocycles. The standard InChI is InChI=1S/C17H23NO3/c1-12-7-8-13(2)14(10-12)11-16(19)18-9-5-3-4-6-15(18)17(20)21/h7-8,10,15H,3-6,9,11H2,1-2H3,(H,20,21). The highest BCUT2D eigenvalue weighted by Crippen LogP contribution is 2.19. The predicted octanol–water partition coefficient (Wildman–Crippen LogP) is 2.70. The number of rotatable bonds is 3. The van der Waals surface area contributed by atoms with Crippen molar-refractivity contribution in [2.24, 2.45) is 0 Å². The molecule has 1 aliphatic heterocycles. The Balaban J connectivity index is 2.16. The van der Waals surface area contributed by atoms with Gasteiger partial charge in [-0.05, 0) is 37.8 Å². The summed E-state index contributed by atoms with van der Waals surface area (Å²) in [6, 6.07) is 5.38. The van der Waals surface area contributed by atoms with Crippen molar-refractivity contribution in [1.29, 1.82) is 0 Å². The highest BCUT2D eigenvalue weighted by atomic mass is 16.4. The number of hydrogen-bond donors (Lipinski definition) is 1. The van der Waals surface area contributed by atoms with E-state index in [9.17, 15) is 14.7 Å². The molecule has 0 aromatic heterocycles. The summed E-state index contributed by atoms with van der Waals surface area (Å²) in [5.41, 5.74) is 3.19. The van der Waals surface area contributed by atoms with Crippen LogP contribution < -0.4 is 0 Å². The summed E-state index contributed by atoms with van der Waals surface area (Å²) in [4.78, 5) is 25.5. The Hall–Kier alpha value is -1.84. The fourth-order valence-corrected chi connectivity index (χ4v) is 2.92. The van der Waals surface area contributed by atoms with Gasteiger partial charge < -0.3 is 10.0 Å². The van der Waals surface area contributed by atoms with Crippen LogP contribution in [0.2, 0.25) is 0 Å². The predicted molar refractivity (Wildman–Crippen MR) is 81.2 cm³/mol. The molecule has 1 aromatic carbocycles. The average Bonchev–Trinajstić information content (AvgIpc) is 2.68. The largest absolute Gasteiger partial charge is 0.480 e. The molecule has 4 nitrogen and oxygen atoms in total. The van der Waals surface area contributed by atoms with Crippen LogP contribution in [0.5, 0.6) is 0 Å². The molecule has 1 fully saturated rings. The third kappa shape index (κ3) is 3.84. The molecule has 1 amide bonds. The molecule has 1 aromatic rings. The zero-order valence-electron chi connectivity index (χ0n) is 12.8. The van der Waals surface area contributed by atoms with Gasteiger partial charge in [0.05, 0.1) is 6.42 Å². The van der Waals surface area contributed by atoms with E-state index in [0.29, 0.717) is 13.0 Å². The van der Waals surface area contributed by atoms with Gasteiger partial charge in [-0.25, -0.2) is 4.79 Å². The first-order chi connectivity index (χ1) is 9.99. The number of carbonyl (C=O) groups excluding carboxylic acids is 1. The third-order valence-corrected chi connectivity index (χ3v) is 4.20. The van der Waals surface area contributed by atoms with Crippen LogP contribution in [-0.2, 0) is 16.0 Å². The summed E-state index contributed by atoms with van der Waals surface area (Å²) in [7, 11) is 0. The SMILES string of the molecule is Cc1ccc(C)c(CC(=O)N2CCCCCC2C(=O)O)c1. The molecule has 114 valence electrons. The van der Waals surface area contributed by atoms with E-state index < -0.39 is 12.0 Å². The van der Waals surface area contributed by atoms with E-state index in [2.05, 4.69) is 0 Å². The number of benzene rings is 1. The first-order valence-corrected chi connectivity index (χ1v) is 7.57. The fourth-order valence-electron chi connectivity index (χ4n) is 2.92. The molecule has 0 bridgehead atoms. The van der Waals surface area contributed by atoms with Crippen molar-refractivity contribution in [3.8, 4) is 0 Å². The minimum atomic E-state index is -0.883. The number of amides is 1. The van der Waals surface area contributed by atoms with Crippen molar-refractivity contribution < 1.29 is 14.7 Å². The van der Waals surface area contributed by atoms with Gasteiger partial charge in [0.15, 0.2) is 0 Å². The van der Waals surface area contributed by atoms with Crippen molar-refractivity contribution in [2.45, 2.75) is 52.0 Å². The first-order valence-electron chi connectivity index (χ1n) is 7.57. The zero-order valence-corrected chi connectivity index (χ0v) is 12.8. The Kier molecular flexibility index (Phi) is 4.99. The van der Waals surface area contributed by atoms with Crippen LogP contribution in [0, 0.1) is 13.8 Å². The van der Waals surface area contributed by atoms with E-state index in [-0.39, 0.29) is 12.3 Å². The molecule has 1 saturated heterocycles. The molecule has 2 rings (SSSR count). The molecular formula is C17H23NO3. The number of likely N-dealkylation sites (tertiary alicyclic amines) is 1. The summed E-state index contributed by atoms with van der Waals surface area (Å²) >= 11 is 0. The molecule has 4 heteroatoms. The lowest BCUT2D eigenvalue weighted by Gasteiger charge is -2.27. The molecule has 1 unspecified atom stereocenters. The normalized spacial score (nSPS) is 19.1. The first kappa shape index (κ1) is 15.5. The van der Waals surface area contributed by atoms with Crippen LogP contribution in [-0.4, -0.2) is 34.5 Å². The highest BCUT2D eigenvalue weighted by molar-refractivity contribution is 5.85. The molecular weight excluding hydrogens is 266 g/mol. The van der Waals surface area contributed by atoms with Crippen molar-refractivity contribution in [1.82, 2.24) is 4.90 Å². The summed E-state index contributed by atoms with van der Waals surface area (Å²) < 4.78 is 0. The lowest BCUT2D eigenvalue weighted by Crippen LogP contribution is -2.45. The molecule has 1 aliphatic rings. The Morgan fingerprint density at radius 1 is 1.24 bits per heavy atom. The van der Waals surface area contributed by atoms with Crippen molar-refractivity contribution in [3.63, 3.8) is 0 Å². The average molecular weight is 289 g/mol. The third-order valence-electron chi connectivity index (χ3n) is 4.20. The van der Waals surface area contributed by atoms with Crippen LogP contribution in [0.1, 0.15) is 42.4 Å². The number of aliphatic carboxylic acids is 1. The van der Waals surface area contributed by atoms with Gasteiger partial charge in [-0.3, -0.25) is 4.79 Å². The number of carbonyl (C=O) groups is 2. The van der Waals surface area contributed by atoms with Gasteiger partial charge in [-0.1, -0.05) is 36.6 Å². The van der Waals surface area contributed by atoms with Gasteiger partial charge in [0.2, 0.25) is 5.91 Å². The maximum Gasteiger partial charge on any atom is 0.326 e. The van der Waals surface area contributed by atoms with Gasteiger partial charge in [-0.15, -0.1) is 0 Å². The maximum absolute atomic E-state index is 12.6. The molecule has 1 atom stereocenters. The molecule has 1 heterocycles. The fraction of sp³-hybridized carbons (Fsp3) is 0.529. The number of carboxylic acid groups (broad SMARTS) is 1. The molecule has 0 spiro atoms. The topological polar surface area (TPSA) is 57.6 Å². The minimum absolute atomic E-state index is 0.0713. The Bertz CT molecular complexity index is 539. The van der Waals surface area contributed by atoms with E-state index in [0.717, 1.165) is 36.0 Å². The molecule has 0 saturated carbocycles. The van der Waals surface area contributed by atoms with Crippen LogP contribution in [0.25, 0.3) is 0 Å². The monoisotopic (exact) mass is 289 g/mol. The van der Waals surface area contributed by atoms with Crippen molar-refractivity contribution in [2.75, 3.05) is 6.54 Å². The quantitative estimate of drug-likeness (QED) is 0.930. The van der Waals surface area contributed by atoms with Gasteiger partial charge in [0.25, 0.3) is 0 Å².